The largest absolute Gasteiger partial charge is 0.454 e. The van der Waals surface area contributed by atoms with Gasteiger partial charge >= 0.3 is 30.0 Å². The molecule has 4 unspecified atom stereocenters. The molecule has 1 fully saturated rings. The Morgan fingerprint density at radius 1 is 1.20 bits per heavy atom. The van der Waals surface area contributed by atoms with Crippen molar-refractivity contribution < 1.29 is 54.5 Å². The van der Waals surface area contributed by atoms with Crippen molar-refractivity contribution in [3.8, 4) is 0 Å². The van der Waals surface area contributed by atoms with Crippen LogP contribution in [0.4, 0.5) is 36.7 Å². The Bertz CT molecular complexity index is 1190. The summed E-state index contributed by atoms with van der Waals surface area (Å²) in [7, 11) is 0. The molecular weight excluding hydrogens is 503 g/mol. The summed E-state index contributed by atoms with van der Waals surface area (Å²) in [6.07, 6.45) is -22.8. The van der Waals surface area contributed by atoms with Crippen LogP contribution >= 0.6 is 0 Å². The maximum Gasteiger partial charge on any atom is 0.428 e. The smallest absolute Gasteiger partial charge is 0.428 e. The molecule has 2 aromatic rings. The first-order valence-corrected chi connectivity index (χ1v) is 9.52. The Morgan fingerprint density at radius 3 is 2.34 bits per heavy atom. The zero-order valence-corrected chi connectivity index (χ0v) is 17.6. The van der Waals surface area contributed by atoms with Gasteiger partial charge in [0.1, 0.15) is 18.2 Å². The number of alkyl halides is 7. The third kappa shape index (κ3) is 5.30. The van der Waals surface area contributed by atoms with Crippen LogP contribution in [0.25, 0.3) is 11.2 Å². The van der Waals surface area contributed by atoms with Crippen molar-refractivity contribution in [2.45, 2.75) is 63.5 Å². The first-order valence-electron chi connectivity index (χ1n) is 9.52. The lowest BCUT2D eigenvalue weighted by Gasteiger charge is -2.26. The zero-order valence-electron chi connectivity index (χ0n) is 17.6. The highest BCUT2D eigenvalue weighted by Gasteiger charge is 2.60. The molecule has 1 aliphatic heterocycles. The first kappa shape index (κ1) is 26.2. The molecule has 0 radical (unpaired) electrons. The standard InChI is InChI=1S/C17H16F7N5O6/c1-5(30)33-10-8(18)9(11(17(22,23)24)34-6(2)31)35-13(10)29-12-7(3-26-14(25)27-12)28(15(29)32)4-16(19,20)21/h3,8-11,13H,4H2,1-2H3,(H2,25,26,27)/t8?,9?,10?,11-,13?/m1/s1. The highest BCUT2D eigenvalue weighted by atomic mass is 19.4. The molecule has 5 atom stereocenters. The van der Waals surface area contributed by atoms with Crippen LogP contribution < -0.4 is 11.4 Å². The van der Waals surface area contributed by atoms with Crippen molar-refractivity contribution >= 4 is 29.1 Å². The molecule has 0 aromatic carbocycles. The van der Waals surface area contributed by atoms with Gasteiger partial charge < -0.3 is 19.9 Å². The van der Waals surface area contributed by atoms with Gasteiger partial charge in [-0.05, 0) is 0 Å². The molecule has 0 bridgehead atoms. The van der Waals surface area contributed by atoms with E-state index in [2.05, 4.69) is 14.7 Å². The number of ether oxygens (including phenoxy) is 3. The van der Waals surface area contributed by atoms with Crippen molar-refractivity contribution in [2.75, 3.05) is 5.73 Å². The fourth-order valence-electron chi connectivity index (χ4n) is 3.55. The number of nitrogens with two attached hydrogens (primary N) is 1. The predicted molar refractivity (Wildman–Crippen MR) is 98.2 cm³/mol. The number of nitrogen functional groups attached to an aromatic ring is 1. The molecule has 18 heteroatoms. The van der Waals surface area contributed by atoms with Gasteiger partial charge in [-0.2, -0.15) is 31.3 Å². The Hall–Kier alpha value is -3.44. The van der Waals surface area contributed by atoms with Gasteiger partial charge in [0.15, 0.2) is 24.2 Å². The SMILES string of the molecule is CC(=O)OC1C(F)C([C@@H](OC(C)=O)C(F)(F)F)OC1n1c(=O)n(CC(F)(F)F)c2cnc(N)nc21. The van der Waals surface area contributed by atoms with Crippen molar-refractivity contribution in [1.82, 2.24) is 19.1 Å². The molecule has 2 N–H and O–H groups in total. The third-order valence-electron chi connectivity index (χ3n) is 4.74. The average molecular weight is 519 g/mol. The van der Waals surface area contributed by atoms with Gasteiger partial charge in [-0.15, -0.1) is 0 Å². The van der Waals surface area contributed by atoms with Crippen LogP contribution in [0, 0.1) is 0 Å². The molecule has 0 saturated carbocycles. The van der Waals surface area contributed by atoms with E-state index in [1.54, 1.807) is 0 Å². The summed E-state index contributed by atoms with van der Waals surface area (Å²) >= 11 is 0. The van der Waals surface area contributed by atoms with Gasteiger partial charge in [0.2, 0.25) is 12.1 Å². The van der Waals surface area contributed by atoms with Crippen molar-refractivity contribution in [3.05, 3.63) is 16.7 Å². The minimum absolute atomic E-state index is 0.108. The Morgan fingerprint density at radius 2 is 1.83 bits per heavy atom. The van der Waals surface area contributed by atoms with Crippen molar-refractivity contribution in [2.24, 2.45) is 0 Å². The quantitative estimate of drug-likeness (QED) is 0.459. The number of esters is 2. The summed E-state index contributed by atoms with van der Waals surface area (Å²) in [5.74, 6) is -3.24. The van der Waals surface area contributed by atoms with E-state index in [1.807, 2.05) is 0 Å². The fourth-order valence-corrected chi connectivity index (χ4v) is 3.55. The maximum atomic E-state index is 15.2. The average Bonchev–Trinajstić information content (AvgIpc) is 3.11. The molecular formula is C17H16F7N5O6. The molecule has 0 aliphatic carbocycles. The molecule has 0 amide bonds. The lowest BCUT2D eigenvalue weighted by Crippen LogP contribution is -2.47. The van der Waals surface area contributed by atoms with E-state index in [-0.39, 0.29) is 9.13 Å². The van der Waals surface area contributed by atoms with E-state index in [1.165, 1.54) is 0 Å². The molecule has 3 rings (SSSR count). The van der Waals surface area contributed by atoms with Gasteiger partial charge in [0.05, 0.1) is 6.20 Å². The van der Waals surface area contributed by atoms with Crippen LogP contribution in [0.5, 0.6) is 0 Å². The van der Waals surface area contributed by atoms with Gasteiger partial charge in [0.25, 0.3) is 0 Å². The van der Waals surface area contributed by atoms with Gasteiger partial charge in [-0.25, -0.2) is 18.7 Å². The van der Waals surface area contributed by atoms with Crippen LogP contribution in [-0.4, -0.2) is 67.9 Å². The van der Waals surface area contributed by atoms with E-state index >= 15 is 4.39 Å². The summed E-state index contributed by atoms with van der Waals surface area (Å²) in [5, 5.41) is 0. The summed E-state index contributed by atoms with van der Waals surface area (Å²) in [6, 6.07) is 0. The van der Waals surface area contributed by atoms with Crippen LogP contribution in [-0.2, 0) is 30.3 Å². The highest BCUT2D eigenvalue weighted by Crippen LogP contribution is 2.41. The topological polar surface area (TPSA) is 141 Å². The molecule has 11 nitrogen and oxygen atoms in total. The van der Waals surface area contributed by atoms with Gasteiger partial charge in [-0.3, -0.25) is 14.2 Å². The number of rotatable bonds is 5. The van der Waals surface area contributed by atoms with E-state index in [0.29, 0.717) is 6.92 Å². The normalized spacial score (nSPS) is 23.9. The zero-order chi connectivity index (χ0) is 26.5. The Kier molecular flexibility index (Phi) is 6.71. The van der Waals surface area contributed by atoms with Gasteiger partial charge in [0, 0.05) is 13.8 Å². The van der Waals surface area contributed by atoms with Crippen LogP contribution in [0.15, 0.2) is 11.0 Å². The van der Waals surface area contributed by atoms with Gasteiger partial charge in [-0.1, -0.05) is 0 Å². The maximum absolute atomic E-state index is 15.2. The number of fused-ring (bicyclic) bond motifs is 1. The van der Waals surface area contributed by atoms with Crippen molar-refractivity contribution in [3.63, 3.8) is 0 Å². The lowest BCUT2D eigenvalue weighted by molar-refractivity contribution is -0.252. The third-order valence-corrected chi connectivity index (χ3v) is 4.74. The summed E-state index contributed by atoms with van der Waals surface area (Å²) in [4.78, 5) is 42.8. The van der Waals surface area contributed by atoms with Crippen LogP contribution in [0.3, 0.4) is 0 Å². The van der Waals surface area contributed by atoms with Crippen LogP contribution in [0.1, 0.15) is 20.1 Å². The van der Waals surface area contributed by atoms with E-state index in [4.69, 9.17) is 15.2 Å². The molecule has 1 saturated heterocycles. The van der Waals surface area contributed by atoms with E-state index in [0.717, 1.165) is 13.1 Å². The molecule has 1 aliphatic rings. The number of hydrogen-bond acceptors (Lipinski definition) is 9. The van der Waals surface area contributed by atoms with Crippen molar-refractivity contribution in [1.29, 1.82) is 0 Å². The number of carbonyl (C=O) groups excluding carboxylic acids is 2. The molecule has 35 heavy (non-hydrogen) atoms. The highest BCUT2D eigenvalue weighted by molar-refractivity contribution is 5.72. The lowest BCUT2D eigenvalue weighted by atomic mass is 10.1. The summed E-state index contributed by atoms with van der Waals surface area (Å²) in [5.41, 5.74) is 2.64. The fraction of sp³-hybridized carbons (Fsp3) is 0.588. The minimum atomic E-state index is -5.38. The molecule has 194 valence electrons. The molecule has 0 spiro atoms. The predicted octanol–water partition coefficient (Wildman–Crippen LogP) is 1.40. The van der Waals surface area contributed by atoms with E-state index < -0.39 is 84.3 Å². The second kappa shape index (κ2) is 8.97. The number of nitrogens with zero attached hydrogens (tertiary/aromatic N) is 4. The first-order chi connectivity index (χ1) is 16.0. The van der Waals surface area contributed by atoms with E-state index in [9.17, 15) is 40.7 Å². The minimum Gasteiger partial charge on any atom is -0.454 e. The van der Waals surface area contributed by atoms with Crippen LogP contribution in [0.2, 0.25) is 0 Å². The second-order valence-electron chi connectivity index (χ2n) is 7.37. The number of carbonyl (C=O) groups is 2. The summed E-state index contributed by atoms with van der Waals surface area (Å²) in [6.45, 7) is -0.508. The number of imidazole rings is 1. The number of anilines is 1. The number of aromatic nitrogens is 4. The number of halogens is 7. The molecule has 3 heterocycles. The Labute approximate surface area is 189 Å². The monoisotopic (exact) mass is 519 g/mol. The summed E-state index contributed by atoms with van der Waals surface area (Å²) < 4.78 is 109. The molecule has 2 aromatic heterocycles. The Balaban J connectivity index is 2.21. The second-order valence-corrected chi connectivity index (χ2v) is 7.37. The number of hydrogen-bond donors (Lipinski definition) is 1.